The van der Waals surface area contributed by atoms with Crippen molar-refractivity contribution in [1.82, 2.24) is 20.1 Å². The number of hydrogen-bond donors (Lipinski definition) is 3. The van der Waals surface area contributed by atoms with E-state index < -0.39 is 145 Å². The van der Waals surface area contributed by atoms with Gasteiger partial charge in [-0.05, 0) is 92.0 Å². The maximum atomic E-state index is 15.0. The van der Waals surface area contributed by atoms with Crippen LogP contribution in [0.15, 0.2) is 42.6 Å². The number of alkyl halides is 1. The number of aryl methyl sites for hydroxylation is 1. The summed E-state index contributed by atoms with van der Waals surface area (Å²) in [5.74, 6) is -4.81. The minimum Gasteiger partial charge on any atom is -0.458 e. The first-order valence-corrected chi connectivity index (χ1v) is 28.7. The highest BCUT2D eigenvalue weighted by molar-refractivity contribution is 5.85. The molecule has 21 heteroatoms. The number of benzene rings is 1. The Morgan fingerprint density at radius 2 is 1.58 bits per heavy atom. The van der Waals surface area contributed by atoms with Crippen molar-refractivity contribution in [3.63, 3.8) is 0 Å². The zero-order valence-corrected chi connectivity index (χ0v) is 50.5. The third-order valence-electron chi connectivity index (χ3n) is 17.9. The van der Waals surface area contributed by atoms with Crippen LogP contribution in [0, 0.1) is 30.6 Å². The van der Waals surface area contributed by atoms with Crippen molar-refractivity contribution in [2.75, 3.05) is 61.9 Å². The van der Waals surface area contributed by atoms with E-state index in [4.69, 9.17) is 47.4 Å². The number of ether oxygens (including phenoxy) is 10. The zero-order chi connectivity index (χ0) is 59.9. The molecule has 20 nitrogen and oxygen atoms in total. The van der Waals surface area contributed by atoms with Crippen molar-refractivity contribution < 1.29 is 81.2 Å². The van der Waals surface area contributed by atoms with Gasteiger partial charge in [0, 0.05) is 95.6 Å². The number of nitrogens with zero attached hydrogens (tertiary/aromatic N) is 3. The number of Topliss-reactive ketones (excluding diaryl/α,β-unsaturated/α-hetero) is 1. The molecule has 6 rings (SSSR count). The van der Waals surface area contributed by atoms with E-state index in [-0.39, 0.29) is 51.2 Å². The number of rotatable bonds is 20. The van der Waals surface area contributed by atoms with E-state index in [1.165, 1.54) is 33.3 Å². The van der Waals surface area contributed by atoms with Crippen molar-refractivity contribution in [3.8, 4) is 11.1 Å². The number of pyridine rings is 1. The second-order valence-corrected chi connectivity index (χ2v) is 23.7. The van der Waals surface area contributed by atoms with Crippen LogP contribution < -0.4 is 5.32 Å². The number of fused-ring (bicyclic) bond motifs is 1. The molecule has 4 saturated heterocycles. The van der Waals surface area contributed by atoms with Gasteiger partial charge in [-0.2, -0.15) is 0 Å². The molecule has 81 heavy (non-hydrogen) atoms. The van der Waals surface area contributed by atoms with Crippen LogP contribution in [-0.2, 0) is 61.8 Å². The van der Waals surface area contributed by atoms with Crippen LogP contribution in [0.5, 0.6) is 0 Å². The minimum absolute atomic E-state index is 0.0458. The summed E-state index contributed by atoms with van der Waals surface area (Å²) < 4.78 is 77.7. The largest absolute Gasteiger partial charge is 0.458 e. The van der Waals surface area contributed by atoms with Gasteiger partial charge < -0.3 is 67.8 Å². The monoisotopic (exact) mass is 1140 g/mol. The number of aromatic nitrogens is 1. The van der Waals surface area contributed by atoms with Crippen LogP contribution >= 0.6 is 0 Å². The first-order valence-electron chi connectivity index (χ1n) is 28.7. The van der Waals surface area contributed by atoms with Crippen LogP contribution in [0.1, 0.15) is 119 Å². The van der Waals surface area contributed by atoms with E-state index >= 15 is 4.79 Å². The van der Waals surface area contributed by atoms with Crippen molar-refractivity contribution >= 4 is 23.8 Å². The summed E-state index contributed by atoms with van der Waals surface area (Å²) >= 11 is 0. The maximum absolute atomic E-state index is 15.0. The Bertz CT molecular complexity index is 2390. The number of amides is 2. The summed E-state index contributed by atoms with van der Waals surface area (Å²) in [6.45, 7) is 19.1. The number of aliphatic hydroxyl groups is 2. The molecule has 456 valence electrons. The fourth-order valence-corrected chi connectivity index (χ4v) is 12.9. The molecule has 0 spiro atoms. The molecule has 2 amide bonds. The number of methoxy groups -OCH3 is 4. The topological polar surface area (TPSA) is 232 Å². The molecule has 5 heterocycles. The Morgan fingerprint density at radius 1 is 0.914 bits per heavy atom. The molecule has 4 aliphatic heterocycles. The molecular formula is C60H93FN4O16. The van der Waals surface area contributed by atoms with Crippen molar-refractivity contribution in [3.05, 3.63) is 53.9 Å². The Hall–Kier alpha value is -4.26. The molecule has 4 aliphatic rings. The van der Waals surface area contributed by atoms with Gasteiger partial charge in [-0.15, -0.1) is 0 Å². The van der Waals surface area contributed by atoms with Crippen LogP contribution in [0.25, 0.3) is 11.1 Å². The molecule has 2 aromatic rings. The van der Waals surface area contributed by atoms with E-state index in [0.29, 0.717) is 12.0 Å². The highest BCUT2D eigenvalue weighted by atomic mass is 19.1. The Kier molecular flexibility index (Phi) is 22.8. The Balaban J connectivity index is 1.29. The minimum atomic E-state index is -1.47. The lowest BCUT2D eigenvalue weighted by molar-refractivity contribution is -0.319. The number of nitrogens with one attached hydrogen (secondary N) is 1. The normalized spacial score (nSPS) is 37.0. The Morgan fingerprint density at radius 3 is 2.17 bits per heavy atom. The third kappa shape index (κ3) is 14.6. The smallest absolute Gasteiger partial charge is 0.411 e. The van der Waals surface area contributed by atoms with E-state index in [0.717, 1.165) is 16.8 Å². The van der Waals surface area contributed by atoms with Gasteiger partial charge >= 0.3 is 12.1 Å². The fourth-order valence-electron chi connectivity index (χ4n) is 12.9. The van der Waals surface area contributed by atoms with Gasteiger partial charge in [0.15, 0.2) is 18.2 Å². The maximum Gasteiger partial charge on any atom is 0.411 e. The second-order valence-electron chi connectivity index (χ2n) is 23.7. The number of halogens is 1. The standard InChI is InChI=1S/C60H93FN4O16/c1-17-45-60(11)52(65(26-27-72-13)57(71)81-60)36(5)48(67)33(2)29-59(10,75-16)54(37(6)50(38(7)55(70)78-45)79-47-30-58(9,74-15)53(69)39(8)77-47)80-56-49(68)44(28-35(4)76-56)64(12)25-24-46(66)63-43(31-61)51(73-14)41-22-20-40(21-23-41)42-19-18-34(3)62-32-42/h18-23,32-33,35-39,43-45,47,49-54,56,68-69H,17,24-31H2,1-16H3,(H,63,66)/t33-,35-,36+,37+,38-,39+,43-,44+,45-,47+,49-,50+,51-,52?,53+,54-,56+,58?,59?,60?/m1/s1. The van der Waals surface area contributed by atoms with Gasteiger partial charge in [0.1, 0.15) is 36.9 Å². The SMILES string of the molecule is CC[C@H]1OC(=O)[C@H](C)[C@@H](O[C@H]2CC(C)(OC)[C@@H](O)[C@H](C)O2)[C@H](C)[C@@H](O[C@@H]2O[C@H](C)C[C@H](N(C)CCC(=O)N[C@H](CF)[C@H](OC)c3ccc(-c4ccc(C)nc4)cc3)[C@H]2O)C(C)(OC)C[C@@H](C)C(=O)[C@H](C)C2N(CCOC)C(=O)OC21C. The zero-order valence-electron chi connectivity index (χ0n) is 50.5. The molecule has 4 fully saturated rings. The summed E-state index contributed by atoms with van der Waals surface area (Å²) in [4.78, 5) is 65.2. The quantitative estimate of drug-likeness (QED) is 0.120. The summed E-state index contributed by atoms with van der Waals surface area (Å²) in [6.07, 6.45) is -8.16. The van der Waals surface area contributed by atoms with E-state index in [2.05, 4.69) is 10.3 Å². The van der Waals surface area contributed by atoms with Crippen LogP contribution in [-0.4, -0.2) is 201 Å². The van der Waals surface area contributed by atoms with Crippen molar-refractivity contribution in [2.24, 2.45) is 23.7 Å². The fraction of sp³-hybridized carbons (Fsp3) is 0.750. The molecule has 20 atom stereocenters. The molecule has 1 aromatic heterocycles. The highest BCUT2D eigenvalue weighted by Gasteiger charge is 2.61. The summed E-state index contributed by atoms with van der Waals surface area (Å²) in [5.41, 5.74) is -0.515. The van der Waals surface area contributed by atoms with Crippen LogP contribution in [0.3, 0.4) is 0 Å². The number of ketones is 1. The van der Waals surface area contributed by atoms with E-state index in [1.54, 1.807) is 61.7 Å². The predicted molar refractivity (Wildman–Crippen MR) is 297 cm³/mol. The van der Waals surface area contributed by atoms with Gasteiger partial charge in [-0.3, -0.25) is 24.3 Å². The summed E-state index contributed by atoms with van der Waals surface area (Å²) in [5, 5.41) is 26.5. The number of cyclic esters (lactones) is 1. The summed E-state index contributed by atoms with van der Waals surface area (Å²) in [6, 6.07) is 8.93. The van der Waals surface area contributed by atoms with E-state index in [1.807, 2.05) is 69.0 Å². The van der Waals surface area contributed by atoms with Gasteiger partial charge in [0.25, 0.3) is 0 Å². The predicted octanol–water partition coefficient (Wildman–Crippen LogP) is 6.53. The van der Waals surface area contributed by atoms with Gasteiger partial charge in [0.2, 0.25) is 5.91 Å². The van der Waals surface area contributed by atoms with Crippen molar-refractivity contribution in [2.45, 2.75) is 205 Å². The molecule has 4 unspecified atom stereocenters. The Labute approximate surface area is 478 Å². The molecule has 1 aromatic carbocycles. The first-order chi connectivity index (χ1) is 38.2. The first kappa shape index (κ1) is 65.9. The highest BCUT2D eigenvalue weighted by Crippen LogP contribution is 2.45. The average molecular weight is 1150 g/mol. The molecule has 3 N–H and O–H groups in total. The lowest BCUT2D eigenvalue weighted by Gasteiger charge is -2.50. The van der Waals surface area contributed by atoms with Crippen LogP contribution in [0.2, 0.25) is 0 Å². The number of aliphatic hydroxyl groups excluding tert-OH is 2. The van der Waals surface area contributed by atoms with E-state index in [9.17, 15) is 29.0 Å². The molecule has 0 aliphatic carbocycles. The molecule has 0 radical (unpaired) electrons. The number of esters is 1. The van der Waals surface area contributed by atoms with Gasteiger partial charge in [-0.25, -0.2) is 9.18 Å². The third-order valence-corrected chi connectivity index (χ3v) is 17.9. The number of hydrogen-bond acceptors (Lipinski definition) is 18. The molecular weight excluding hydrogens is 1050 g/mol. The second kappa shape index (κ2) is 28.1. The van der Waals surface area contributed by atoms with Gasteiger partial charge in [0.05, 0.1) is 60.2 Å². The average Bonchev–Trinajstić information content (AvgIpc) is 3.79. The number of likely N-dealkylation sites (N-methyl/N-ethyl adjacent to an activating group) is 1. The van der Waals surface area contributed by atoms with Crippen molar-refractivity contribution in [1.29, 1.82) is 0 Å². The number of carbonyl (C=O) groups excluding carboxylic acids is 4. The lowest BCUT2D eigenvalue weighted by atomic mass is 9.73. The lowest BCUT2D eigenvalue weighted by Crippen LogP contribution is -2.62. The van der Waals surface area contributed by atoms with Gasteiger partial charge in [-0.1, -0.05) is 58.0 Å². The van der Waals surface area contributed by atoms with Crippen LogP contribution in [0.4, 0.5) is 9.18 Å². The molecule has 0 bridgehead atoms. The number of carbonyl (C=O) groups is 4. The molecule has 0 saturated carbocycles. The summed E-state index contributed by atoms with van der Waals surface area (Å²) in [7, 11) is 7.76.